The molecule has 6 nitrogen and oxygen atoms in total. The lowest BCUT2D eigenvalue weighted by molar-refractivity contribution is -0.883. The number of nitrogens with zero attached hydrogens (tertiary/aromatic N) is 1. The number of hydrogen-bond acceptors (Lipinski definition) is 5. The van der Waals surface area contributed by atoms with Crippen molar-refractivity contribution in [3.63, 3.8) is 0 Å². The van der Waals surface area contributed by atoms with Crippen molar-refractivity contribution in [1.29, 1.82) is 0 Å². The summed E-state index contributed by atoms with van der Waals surface area (Å²) in [6.45, 7) is 4.15. The van der Waals surface area contributed by atoms with Crippen molar-refractivity contribution in [3.05, 3.63) is 12.2 Å². The largest absolute Gasteiger partial charge is 0.591 e. The van der Waals surface area contributed by atoms with E-state index in [1.165, 1.54) is 96.3 Å². The van der Waals surface area contributed by atoms with Gasteiger partial charge >= 0.3 is 8.03 Å². The van der Waals surface area contributed by atoms with Crippen LogP contribution in [0.4, 0.5) is 0 Å². The van der Waals surface area contributed by atoms with Gasteiger partial charge in [-0.25, -0.2) is 0 Å². The standard InChI is InChI=1S/C25H48O3.C7H17NO2P/c1-2-3-4-5-6-7-8-9-10-11-12-13-14-15-16-17-18-19-20-21-24(27)25(28)22-23-26;1-5-6-7(11(9)10)8(2,3)4/h9-10,25-26,28H,2-8,11-23H2,1H3;7H,5-6H2,1-4H3/q;+1. The molecule has 2 N–H and O–H groups in total. The topological polar surface area (TPSA) is 97.7 Å². The zero-order valence-electron chi connectivity index (χ0n) is 26.4. The summed E-state index contributed by atoms with van der Waals surface area (Å²) in [5, 5.41) is 18.2. The molecular formula is C32H65NO5P+. The van der Waals surface area contributed by atoms with Crippen molar-refractivity contribution < 1.29 is 28.9 Å². The number of aliphatic hydroxyl groups excluding tert-OH is 2. The minimum Gasteiger partial charge on any atom is -0.591 e. The van der Waals surface area contributed by atoms with Gasteiger partial charge in [0.15, 0.2) is 5.78 Å². The van der Waals surface area contributed by atoms with E-state index in [1.54, 1.807) is 0 Å². The number of aliphatic hydroxyl groups is 2. The molecule has 0 aromatic carbocycles. The van der Waals surface area contributed by atoms with Crippen LogP contribution < -0.4 is 4.89 Å². The van der Waals surface area contributed by atoms with Gasteiger partial charge in [-0.3, -0.25) is 9.28 Å². The Labute approximate surface area is 243 Å². The van der Waals surface area contributed by atoms with E-state index < -0.39 is 14.1 Å². The van der Waals surface area contributed by atoms with E-state index in [0.29, 0.717) is 10.9 Å². The van der Waals surface area contributed by atoms with E-state index in [0.717, 1.165) is 25.7 Å². The Kier molecular flexibility index (Phi) is 30.0. The normalized spacial score (nSPS) is 13.7. The molecule has 0 aromatic rings. The lowest BCUT2D eigenvalue weighted by atomic mass is 10.0. The Balaban J connectivity index is 0. The third-order valence-corrected chi connectivity index (χ3v) is 8.58. The Hall–Kier alpha value is -0.650. The third-order valence-electron chi connectivity index (χ3n) is 7.14. The summed E-state index contributed by atoms with van der Waals surface area (Å²) < 4.78 is 11.3. The fourth-order valence-corrected chi connectivity index (χ4v) is 5.60. The fraction of sp³-hybridized carbons (Fsp3) is 0.906. The molecule has 0 aromatic heterocycles. The molecule has 39 heavy (non-hydrogen) atoms. The quantitative estimate of drug-likeness (QED) is 0.0475. The molecule has 0 saturated heterocycles. The highest BCUT2D eigenvalue weighted by molar-refractivity contribution is 7.37. The van der Waals surface area contributed by atoms with Crippen LogP contribution in [0, 0.1) is 0 Å². The number of quaternary nitrogens is 1. The van der Waals surface area contributed by atoms with E-state index in [9.17, 15) is 19.4 Å². The van der Waals surface area contributed by atoms with Crippen LogP contribution in [-0.4, -0.2) is 60.1 Å². The number of Topliss-reactive ketones (excluding diaryl/α,β-unsaturated/α-hetero) is 1. The molecule has 0 aliphatic heterocycles. The number of ketones is 1. The molecule has 0 fully saturated rings. The molecule has 0 spiro atoms. The summed E-state index contributed by atoms with van der Waals surface area (Å²) in [4.78, 5) is 22.3. The van der Waals surface area contributed by atoms with Crippen molar-refractivity contribution in [2.75, 3.05) is 27.7 Å². The maximum atomic E-state index is 11.5. The summed E-state index contributed by atoms with van der Waals surface area (Å²) in [6.07, 6.45) is 27.9. The van der Waals surface area contributed by atoms with Crippen molar-refractivity contribution in [2.45, 2.75) is 161 Å². The van der Waals surface area contributed by atoms with Gasteiger partial charge in [0.1, 0.15) is 6.10 Å². The first kappa shape index (κ1) is 40.5. The van der Waals surface area contributed by atoms with Crippen molar-refractivity contribution in [2.24, 2.45) is 0 Å². The van der Waals surface area contributed by atoms with Crippen LogP contribution in [-0.2, 0) is 9.36 Å². The van der Waals surface area contributed by atoms with Crippen LogP contribution in [0.3, 0.4) is 0 Å². The average Bonchev–Trinajstić information content (AvgIpc) is 2.88. The number of hydrogen-bond donors (Lipinski definition) is 2. The van der Waals surface area contributed by atoms with Crippen molar-refractivity contribution in [1.82, 2.24) is 0 Å². The van der Waals surface area contributed by atoms with Crippen LogP contribution in [0.5, 0.6) is 0 Å². The lowest BCUT2D eigenvalue weighted by Crippen LogP contribution is -2.44. The zero-order chi connectivity index (χ0) is 29.8. The number of rotatable bonds is 26. The van der Waals surface area contributed by atoms with E-state index >= 15 is 0 Å². The molecular weight excluding hydrogens is 509 g/mol. The fourth-order valence-electron chi connectivity index (χ4n) is 4.56. The van der Waals surface area contributed by atoms with Gasteiger partial charge in [0.25, 0.3) is 5.78 Å². The van der Waals surface area contributed by atoms with Gasteiger partial charge in [-0.05, 0) is 38.5 Å². The molecule has 3 unspecified atom stereocenters. The Morgan fingerprint density at radius 1 is 0.744 bits per heavy atom. The Morgan fingerprint density at radius 2 is 1.18 bits per heavy atom. The smallest absolute Gasteiger partial charge is 0.373 e. The second kappa shape index (κ2) is 28.9. The van der Waals surface area contributed by atoms with Gasteiger partial charge in [0, 0.05) is 25.9 Å². The van der Waals surface area contributed by atoms with Gasteiger partial charge in [-0.15, -0.1) is 0 Å². The van der Waals surface area contributed by atoms with Gasteiger partial charge in [-0.2, -0.15) is 0 Å². The highest BCUT2D eigenvalue weighted by Gasteiger charge is 2.33. The number of carbonyl (C=O) groups excluding carboxylic acids is 1. The Morgan fingerprint density at radius 3 is 1.54 bits per heavy atom. The second-order valence-corrected chi connectivity index (χ2v) is 13.1. The van der Waals surface area contributed by atoms with Gasteiger partial charge in [-0.1, -0.05) is 108 Å². The van der Waals surface area contributed by atoms with E-state index in [2.05, 4.69) is 19.1 Å². The molecule has 7 heteroatoms. The van der Waals surface area contributed by atoms with Gasteiger partial charge in [0.2, 0.25) is 0 Å². The molecule has 0 radical (unpaired) electrons. The van der Waals surface area contributed by atoms with Gasteiger partial charge in [0.05, 0.1) is 21.1 Å². The first-order valence-electron chi connectivity index (χ1n) is 16.0. The average molecular weight is 575 g/mol. The number of allylic oxidation sites excluding steroid dienone is 2. The van der Waals surface area contributed by atoms with Crippen LogP contribution in [0.2, 0.25) is 0 Å². The summed E-state index contributed by atoms with van der Waals surface area (Å²) >= 11 is 0. The highest BCUT2D eigenvalue weighted by Crippen LogP contribution is 2.28. The van der Waals surface area contributed by atoms with Crippen molar-refractivity contribution in [3.8, 4) is 0 Å². The molecule has 0 heterocycles. The first-order chi connectivity index (χ1) is 18.6. The van der Waals surface area contributed by atoms with Crippen LogP contribution in [0.25, 0.3) is 0 Å². The SMILES string of the molecule is CCCC([P+](=O)[O-])[N+](C)(C)C.CCCCCCCCC=CCCCCCCCCCCCC(=O)C(O)CCO. The summed E-state index contributed by atoms with van der Waals surface area (Å²) in [5.74, 6) is -0.343. The predicted molar refractivity (Wildman–Crippen MR) is 165 cm³/mol. The maximum Gasteiger partial charge on any atom is 0.373 e. The van der Waals surface area contributed by atoms with Gasteiger partial charge < -0.3 is 15.1 Å². The molecule has 3 atom stereocenters. The molecule has 0 saturated carbocycles. The molecule has 232 valence electrons. The monoisotopic (exact) mass is 574 g/mol. The summed E-state index contributed by atoms with van der Waals surface area (Å²) in [6, 6.07) is 0. The zero-order valence-corrected chi connectivity index (χ0v) is 27.3. The predicted octanol–water partition coefficient (Wildman–Crippen LogP) is 7.82. The summed E-state index contributed by atoms with van der Waals surface area (Å²) in [7, 11) is 3.44. The first-order valence-corrected chi connectivity index (χ1v) is 17.3. The van der Waals surface area contributed by atoms with E-state index in [4.69, 9.17) is 5.11 Å². The molecule has 0 aliphatic carbocycles. The molecule has 0 rings (SSSR count). The molecule has 0 aliphatic rings. The second-order valence-electron chi connectivity index (χ2n) is 11.9. The lowest BCUT2D eigenvalue weighted by Gasteiger charge is -2.27. The van der Waals surface area contributed by atoms with Crippen LogP contribution >= 0.6 is 8.03 Å². The molecule has 0 bridgehead atoms. The van der Waals surface area contributed by atoms with E-state index in [1.807, 2.05) is 28.1 Å². The third kappa shape index (κ3) is 28.7. The minimum absolute atomic E-state index is 0.116. The Bertz CT molecular complexity index is 592. The number of unbranched alkanes of at least 4 members (excludes halogenated alkanes) is 15. The molecule has 0 amide bonds. The highest BCUT2D eigenvalue weighted by atomic mass is 31.1. The number of carbonyl (C=O) groups is 1. The van der Waals surface area contributed by atoms with Crippen LogP contribution in [0.15, 0.2) is 12.2 Å². The van der Waals surface area contributed by atoms with Crippen LogP contribution in [0.1, 0.15) is 149 Å². The van der Waals surface area contributed by atoms with Crippen molar-refractivity contribution >= 4 is 13.8 Å². The van der Waals surface area contributed by atoms with E-state index in [-0.39, 0.29) is 24.6 Å². The minimum atomic E-state index is -2.29. The maximum absolute atomic E-state index is 11.5. The summed E-state index contributed by atoms with van der Waals surface area (Å²) in [5.41, 5.74) is 0.